The van der Waals surface area contributed by atoms with E-state index < -0.39 is 0 Å². The molecule has 0 fully saturated rings. The predicted octanol–water partition coefficient (Wildman–Crippen LogP) is 1.63. The minimum absolute atomic E-state index is 0.0776. The van der Waals surface area contributed by atoms with E-state index in [9.17, 15) is 0 Å². The van der Waals surface area contributed by atoms with E-state index in [1.807, 2.05) is 31.2 Å². The summed E-state index contributed by atoms with van der Waals surface area (Å²) in [6, 6.07) is 7.96. The highest BCUT2D eigenvalue weighted by molar-refractivity contribution is 7.27. The van der Waals surface area contributed by atoms with Crippen molar-refractivity contribution in [3.05, 3.63) is 47.7 Å². The standard InChI is InChI=1S/C13H17N2OP/c1-9-8-10(6-7-11(9)15-14)16-12-4-2-3-5-13(12)17/h2-5,7-8,10,15H,6,14,17H2,1H3. The normalized spacial score (nSPS) is 19.4. The van der Waals surface area contributed by atoms with Crippen molar-refractivity contribution in [1.29, 1.82) is 0 Å². The molecule has 0 radical (unpaired) electrons. The second-order valence-electron chi connectivity index (χ2n) is 4.04. The second-order valence-corrected chi connectivity index (χ2v) is 4.66. The van der Waals surface area contributed by atoms with Crippen LogP contribution in [0.2, 0.25) is 0 Å². The molecule has 17 heavy (non-hydrogen) atoms. The molecule has 0 heterocycles. The number of hydrogen-bond acceptors (Lipinski definition) is 3. The van der Waals surface area contributed by atoms with Gasteiger partial charge >= 0.3 is 0 Å². The van der Waals surface area contributed by atoms with Gasteiger partial charge in [-0.05, 0) is 24.6 Å². The Labute approximate surface area is 104 Å². The van der Waals surface area contributed by atoms with Gasteiger partial charge in [-0.1, -0.05) is 24.3 Å². The Morgan fingerprint density at radius 1 is 1.41 bits per heavy atom. The summed E-state index contributed by atoms with van der Waals surface area (Å²) in [6.45, 7) is 2.02. The maximum absolute atomic E-state index is 5.94. The largest absolute Gasteiger partial charge is 0.485 e. The quantitative estimate of drug-likeness (QED) is 0.485. The summed E-state index contributed by atoms with van der Waals surface area (Å²) in [5, 5.41) is 1.07. The second kappa shape index (κ2) is 5.35. The molecule has 2 unspecified atom stereocenters. The van der Waals surface area contributed by atoms with Crippen molar-refractivity contribution < 1.29 is 4.74 Å². The van der Waals surface area contributed by atoms with Crippen LogP contribution in [0.1, 0.15) is 13.3 Å². The topological polar surface area (TPSA) is 47.3 Å². The first-order chi connectivity index (χ1) is 8.20. The number of para-hydroxylation sites is 1. The third-order valence-corrected chi connectivity index (χ3v) is 3.24. The molecule has 3 nitrogen and oxygen atoms in total. The van der Waals surface area contributed by atoms with E-state index in [4.69, 9.17) is 10.6 Å². The van der Waals surface area contributed by atoms with E-state index in [1.165, 1.54) is 0 Å². The first-order valence-corrected chi connectivity index (χ1v) is 6.15. The van der Waals surface area contributed by atoms with Crippen LogP contribution < -0.4 is 21.3 Å². The fourth-order valence-electron chi connectivity index (χ4n) is 1.84. The van der Waals surface area contributed by atoms with E-state index in [2.05, 4.69) is 26.8 Å². The molecular weight excluding hydrogens is 231 g/mol. The molecule has 0 aromatic heterocycles. The summed E-state index contributed by atoms with van der Waals surface area (Å²) >= 11 is 0. The van der Waals surface area contributed by atoms with Crippen LogP contribution in [0.3, 0.4) is 0 Å². The lowest BCUT2D eigenvalue weighted by Gasteiger charge is -2.21. The maximum Gasteiger partial charge on any atom is 0.127 e. The van der Waals surface area contributed by atoms with E-state index in [-0.39, 0.29) is 6.10 Å². The van der Waals surface area contributed by atoms with E-state index in [0.717, 1.165) is 28.7 Å². The number of nitrogens with two attached hydrogens (primary N) is 1. The van der Waals surface area contributed by atoms with Gasteiger partial charge in [0.2, 0.25) is 0 Å². The summed E-state index contributed by atoms with van der Waals surface area (Å²) in [4.78, 5) is 0. The zero-order valence-corrected chi connectivity index (χ0v) is 11.0. The van der Waals surface area contributed by atoms with E-state index in [1.54, 1.807) is 0 Å². The van der Waals surface area contributed by atoms with Gasteiger partial charge in [-0.3, -0.25) is 5.84 Å². The number of ether oxygens (including phenoxy) is 1. The Bertz CT molecular complexity index is 468. The zero-order chi connectivity index (χ0) is 12.3. The van der Waals surface area contributed by atoms with Crippen LogP contribution in [0.4, 0.5) is 0 Å². The first-order valence-electron chi connectivity index (χ1n) is 5.57. The molecule has 90 valence electrons. The minimum Gasteiger partial charge on any atom is -0.485 e. The molecule has 0 amide bonds. The number of nitrogens with one attached hydrogen (secondary N) is 1. The molecule has 3 N–H and O–H groups in total. The van der Waals surface area contributed by atoms with Crippen LogP contribution in [-0.4, -0.2) is 6.10 Å². The number of allylic oxidation sites excluding steroid dienone is 1. The van der Waals surface area contributed by atoms with Crippen LogP contribution in [0, 0.1) is 0 Å². The summed E-state index contributed by atoms with van der Waals surface area (Å²) in [5.41, 5.74) is 4.77. The SMILES string of the molecule is CC1=CC(Oc2ccccc2P)CC=C1NN. The van der Waals surface area contributed by atoms with Gasteiger partial charge in [0.25, 0.3) is 0 Å². The molecule has 1 aromatic carbocycles. The Morgan fingerprint density at radius 2 is 2.18 bits per heavy atom. The Balaban J connectivity index is 2.08. The molecule has 1 aromatic rings. The van der Waals surface area contributed by atoms with Gasteiger partial charge in [0, 0.05) is 17.4 Å². The molecule has 0 saturated heterocycles. The summed E-state index contributed by atoms with van der Waals surface area (Å²) < 4.78 is 5.94. The molecule has 0 saturated carbocycles. The van der Waals surface area contributed by atoms with Crippen LogP contribution in [0.25, 0.3) is 0 Å². The minimum atomic E-state index is 0.0776. The summed E-state index contributed by atoms with van der Waals surface area (Å²) in [5.74, 6) is 6.32. The van der Waals surface area contributed by atoms with Crippen molar-refractivity contribution in [2.75, 3.05) is 0 Å². The van der Waals surface area contributed by atoms with Gasteiger partial charge in [0.15, 0.2) is 0 Å². The number of benzene rings is 1. The lowest BCUT2D eigenvalue weighted by atomic mass is 10.0. The van der Waals surface area contributed by atoms with Gasteiger partial charge in [0.1, 0.15) is 11.9 Å². The molecule has 0 spiro atoms. The van der Waals surface area contributed by atoms with Gasteiger partial charge in [-0.15, -0.1) is 9.24 Å². The zero-order valence-electron chi connectivity index (χ0n) is 9.81. The Morgan fingerprint density at radius 3 is 2.82 bits per heavy atom. The third-order valence-electron chi connectivity index (χ3n) is 2.77. The highest BCUT2D eigenvalue weighted by atomic mass is 31.0. The Kier molecular flexibility index (Phi) is 3.82. The molecular formula is C13H17N2OP. The van der Waals surface area contributed by atoms with Crippen molar-refractivity contribution in [1.82, 2.24) is 5.43 Å². The smallest absolute Gasteiger partial charge is 0.127 e. The van der Waals surface area contributed by atoms with Crippen molar-refractivity contribution in [2.45, 2.75) is 19.4 Å². The van der Waals surface area contributed by atoms with E-state index in [0.29, 0.717) is 0 Å². The van der Waals surface area contributed by atoms with E-state index >= 15 is 0 Å². The number of hydrogen-bond donors (Lipinski definition) is 2. The van der Waals surface area contributed by atoms with Crippen LogP contribution in [-0.2, 0) is 0 Å². The maximum atomic E-state index is 5.94. The van der Waals surface area contributed by atoms with Crippen molar-refractivity contribution >= 4 is 14.5 Å². The molecule has 2 rings (SSSR count). The molecule has 0 bridgehead atoms. The monoisotopic (exact) mass is 248 g/mol. The van der Waals surface area contributed by atoms with Crippen molar-refractivity contribution in [3.63, 3.8) is 0 Å². The lowest BCUT2D eigenvalue weighted by Crippen LogP contribution is -2.26. The van der Waals surface area contributed by atoms with Gasteiger partial charge < -0.3 is 10.2 Å². The van der Waals surface area contributed by atoms with Crippen LogP contribution in [0.15, 0.2) is 47.7 Å². The molecule has 2 atom stereocenters. The first kappa shape index (κ1) is 12.2. The van der Waals surface area contributed by atoms with Crippen LogP contribution >= 0.6 is 9.24 Å². The van der Waals surface area contributed by atoms with Gasteiger partial charge in [-0.25, -0.2) is 0 Å². The molecule has 1 aliphatic rings. The lowest BCUT2D eigenvalue weighted by molar-refractivity contribution is 0.252. The van der Waals surface area contributed by atoms with Gasteiger partial charge in [-0.2, -0.15) is 0 Å². The summed E-state index contributed by atoms with van der Waals surface area (Å²) in [6.07, 6.45) is 5.06. The third kappa shape index (κ3) is 2.87. The highest BCUT2D eigenvalue weighted by Crippen LogP contribution is 2.20. The van der Waals surface area contributed by atoms with Crippen molar-refractivity contribution in [2.24, 2.45) is 5.84 Å². The fraction of sp³-hybridized carbons (Fsp3) is 0.231. The number of rotatable bonds is 3. The average molecular weight is 248 g/mol. The number of hydrazine groups is 1. The molecule has 4 heteroatoms. The fourth-order valence-corrected chi connectivity index (χ4v) is 2.11. The summed E-state index contributed by atoms with van der Waals surface area (Å²) in [7, 11) is 2.68. The van der Waals surface area contributed by atoms with Crippen molar-refractivity contribution in [3.8, 4) is 5.75 Å². The predicted molar refractivity (Wildman–Crippen MR) is 74.0 cm³/mol. The average Bonchev–Trinajstić information content (AvgIpc) is 2.32. The van der Waals surface area contributed by atoms with Crippen LogP contribution in [0.5, 0.6) is 5.75 Å². The molecule has 0 aliphatic heterocycles. The Hall–Kier alpha value is -1.31. The molecule has 1 aliphatic carbocycles. The highest BCUT2D eigenvalue weighted by Gasteiger charge is 2.14. The van der Waals surface area contributed by atoms with Gasteiger partial charge in [0.05, 0.1) is 0 Å².